The number of anilines is 1. The predicted octanol–water partition coefficient (Wildman–Crippen LogP) is 4.07. The molecule has 0 unspecified atom stereocenters. The molecule has 0 aliphatic carbocycles. The van der Waals surface area contributed by atoms with Crippen LogP contribution in [-0.4, -0.2) is 36.7 Å². The van der Waals surface area contributed by atoms with Gasteiger partial charge in [-0.1, -0.05) is 12.1 Å². The smallest absolute Gasteiger partial charge is 0.255 e. The average Bonchev–Trinajstić information content (AvgIpc) is 2.62. The van der Waals surface area contributed by atoms with E-state index in [4.69, 9.17) is 0 Å². The molecule has 1 aliphatic heterocycles. The highest BCUT2D eigenvalue weighted by molar-refractivity contribution is 14.1. The zero-order valence-corrected chi connectivity index (χ0v) is 16.3. The topological polar surface area (TPSA) is 49.4 Å². The van der Waals surface area contributed by atoms with Gasteiger partial charge in [0, 0.05) is 26.3 Å². The molecule has 1 saturated heterocycles. The van der Waals surface area contributed by atoms with E-state index in [0.717, 1.165) is 29.5 Å². The van der Waals surface area contributed by atoms with Crippen molar-refractivity contribution in [3.05, 3.63) is 63.2 Å². The molecule has 0 spiro atoms. The second-order valence-electron chi connectivity index (χ2n) is 6.48. The molecule has 0 radical (unpaired) electrons. The summed E-state index contributed by atoms with van der Waals surface area (Å²) >= 11 is 2.21. The second-order valence-corrected chi connectivity index (χ2v) is 7.73. The molecule has 3 rings (SSSR count). The van der Waals surface area contributed by atoms with Crippen LogP contribution in [0.1, 0.15) is 33.6 Å². The van der Waals surface area contributed by atoms with E-state index >= 15 is 0 Å². The number of rotatable bonds is 4. The summed E-state index contributed by atoms with van der Waals surface area (Å²) in [7, 11) is 2.08. The van der Waals surface area contributed by atoms with E-state index in [1.807, 2.05) is 30.3 Å². The average molecular weight is 448 g/mol. The third-order valence-corrected chi connectivity index (χ3v) is 5.32. The van der Waals surface area contributed by atoms with Crippen molar-refractivity contribution in [3.63, 3.8) is 0 Å². The Bertz CT molecular complexity index is 766. The van der Waals surface area contributed by atoms with Crippen molar-refractivity contribution in [1.29, 1.82) is 0 Å². The van der Waals surface area contributed by atoms with Crippen LogP contribution in [0.15, 0.2) is 48.5 Å². The van der Waals surface area contributed by atoms with Gasteiger partial charge in [0.25, 0.3) is 5.91 Å². The maximum absolute atomic E-state index is 12.7. The summed E-state index contributed by atoms with van der Waals surface area (Å²) in [6, 6.07) is 14.6. The fourth-order valence-corrected chi connectivity index (χ4v) is 3.42. The highest BCUT2D eigenvalue weighted by atomic mass is 127. The van der Waals surface area contributed by atoms with Gasteiger partial charge in [0.1, 0.15) is 0 Å². The van der Waals surface area contributed by atoms with Crippen molar-refractivity contribution in [1.82, 2.24) is 4.90 Å². The first-order chi connectivity index (χ1) is 12.0. The minimum Gasteiger partial charge on any atom is -0.322 e. The molecule has 1 aliphatic rings. The summed E-state index contributed by atoms with van der Waals surface area (Å²) in [4.78, 5) is 27.3. The van der Waals surface area contributed by atoms with Gasteiger partial charge in [0.2, 0.25) is 0 Å². The molecule has 0 atom stereocenters. The van der Waals surface area contributed by atoms with Gasteiger partial charge in [0.05, 0.1) is 0 Å². The van der Waals surface area contributed by atoms with E-state index in [1.54, 1.807) is 18.2 Å². The molecule has 1 amide bonds. The molecule has 130 valence electrons. The van der Waals surface area contributed by atoms with Gasteiger partial charge in [-0.15, -0.1) is 0 Å². The van der Waals surface area contributed by atoms with E-state index in [1.165, 1.54) is 0 Å². The molecule has 25 heavy (non-hydrogen) atoms. The maximum atomic E-state index is 12.7. The van der Waals surface area contributed by atoms with E-state index in [2.05, 4.69) is 39.9 Å². The lowest BCUT2D eigenvalue weighted by atomic mass is 9.89. The maximum Gasteiger partial charge on any atom is 0.255 e. The minimum atomic E-state index is -0.166. The van der Waals surface area contributed by atoms with E-state index < -0.39 is 0 Å². The number of carbonyl (C=O) groups excluding carboxylic acids is 2. The van der Waals surface area contributed by atoms with Gasteiger partial charge in [-0.3, -0.25) is 9.59 Å². The predicted molar refractivity (Wildman–Crippen MR) is 108 cm³/mol. The number of piperidine rings is 1. The highest BCUT2D eigenvalue weighted by Gasteiger charge is 2.24. The number of likely N-dealkylation sites (tertiary alicyclic amines) is 1. The van der Waals surface area contributed by atoms with Gasteiger partial charge in [-0.25, -0.2) is 0 Å². The molecule has 4 nitrogen and oxygen atoms in total. The normalized spacial score (nSPS) is 15.8. The number of benzene rings is 2. The number of amides is 1. The number of hydrogen-bond acceptors (Lipinski definition) is 3. The number of carbonyl (C=O) groups is 2. The number of nitrogens with zero attached hydrogens (tertiary/aromatic N) is 1. The number of Topliss-reactive ketones (excluding diaryl/α,β-unsaturated/α-hetero) is 1. The third kappa shape index (κ3) is 4.67. The van der Waals surface area contributed by atoms with Crippen molar-refractivity contribution in [3.8, 4) is 0 Å². The van der Waals surface area contributed by atoms with Crippen molar-refractivity contribution < 1.29 is 9.59 Å². The van der Waals surface area contributed by atoms with Crippen molar-refractivity contribution in [2.45, 2.75) is 12.8 Å². The zero-order chi connectivity index (χ0) is 17.8. The molecular formula is C20H21IN2O2. The number of halogens is 1. The van der Waals surface area contributed by atoms with Crippen LogP contribution in [0.4, 0.5) is 5.69 Å². The molecule has 2 aromatic carbocycles. The molecule has 0 saturated carbocycles. The van der Waals surface area contributed by atoms with Crippen LogP contribution >= 0.6 is 22.6 Å². The third-order valence-electron chi connectivity index (χ3n) is 4.60. The first-order valence-corrected chi connectivity index (χ1v) is 9.50. The molecule has 1 heterocycles. The van der Waals surface area contributed by atoms with Gasteiger partial charge in [-0.05, 0) is 92.0 Å². The van der Waals surface area contributed by atoms with Crippen LogP contribution in [0.3, 0.4) is 0 Å². The Hall–Kier alpha value is -1.73. The fourth-order valence-electron chi connectivity index (χ4n) is 3.06. The van der Waals surface area contributed by atoms with Crippen LogP contribution in [0, 0.1) is 9.49 Å². The Morgan fingerprint density at radius 3 is 2.40 bits per heavy atom. The Morgan fingerprint density at radius 1 is 1.04 bits per heavy atom. The molecule has 0 bridgehead atoms. The van der Waals surface area contributed by atoms with Crippen molar-refractivity contribution in [2.75, 3.05) is 25.5 Å². The Morgan fingerprint density at radius 2 is 1.72 bits per heavy atom. The summed E-state index contributed by atoms with van der Waals surface area (Å²) in [5, 5.41) is 2.88. The van der Waals surface area contributed by atoms with Crippen LogP contribution in [-0.2, 0) is 0 Å². The van der Waals surface area contributed by atoms with Crippen LogP contribution in [0.5, 0.6) is 0 Å². The van der Waals surface area contributed by atoms with Gasteiger partial charge in [0.15, 0.2) is 5.78 Å². The summed E-state index contributed by atoms with van der Waals surface area (Å²) in [6.07, 6.45) is 1.79. The standard InChI is InChI=1S/C20H21IN2O2/c1-23-11-9-14(10-12-23)19(24)16-3-2-4-18(13-16)22-20(25)15-5-7-17(21)8-6-15/h2-8,13-14H,9-12H2,1H3,(H,22,25). The van der Waals surface area contributed by atoms with Crippen LogP contribution in [0.2, 0.25) is 0 Å². The summed E-state index contributed by atoms with van der Waals surface area (Å²) in [5.41, 5.74) is 1.93. The van der Waals surface area contributed by atoms with Gasteiger partial charge < -0.3 is 10.2 Å². The first-order valence-electron chi connectivity index (χ1n) is 8.42. The second kappa shape index (κ2) is 8.10. The largest absolute Gasteiger partial charge is 0.322 e. The quantitative estimate of drug-likeness (QED) is 0.567. The SMILES string of the molecule is CN1CCC(C(=O)c2cccc(NC(=O)c3ccc(I)cc3)c2)CC1. The molecule has 5 heteroatoms. The molecule has 0 aromatic heterocycles. The fraction of sp³-hybridized carbons (Fsp3) is 0.300. The molecule has 2 aromatic rings. The number of hydrogen-bond donors (Lipinski definition) is 1. The minimum absolute atomic E-state index is 0.0818. The van der Waals surface area contributed by atoms with Gasteiger partial charge in [-0.2, -0.15) is 0 Å². The highest BCUT2D eigenvalue weighted by Crippen LogP contribution is 2.23. The van der Waals surface area contributed by atoms with E-state index in [0.29, 0.717) is 16.8 Å². The Balaban J connectivity index is 1.69. The Kier molecular flexibility index (Phi) is 5.86. The summed E-state index contributed by atoms with van der Waals surface area (Å²) < 4.78 is 1.08. The molecular weight excluding hydrogens is 427 g/mol. The zero-order valence-electron chi connectivity index (χ0n) is 14.2. The number of nitrogens with one attached hydrogen (secondary N) is 1. The molecule has 1 N–H and O–H groups in total. The van der Waals surface area contributed by atoms with E-state index in [9.17, 15) is 9.59 Å². The summed E-state index contributed by atoms with van der Waals surface area (Å²) in [5.74, 6) is 0.0945. The Labute approximate surface area is 161 Å². The lowest BCUT2D eigenvalue weighted by Crippen LogP contribution is -2.33. The summed E-state index contributed by atoms with van der Waals surface area (Å²) in [6.45, 7) is 1.92. The number of ketones is 1. The van der Waals surface area contributed by atoms with E-state index in [-0.39, 0.29) is 17.6 Å². The van der Waals surface area contributed by atoms with Crippen LogP contribution < -0.4 is 5.32 Å². The van der Waals surface area contributed by atoms with Crippen LogP contribution in [0.25, 0.3) is 0 Å². The molecule has 1 fully saturated rings. The first kappa shape index (κ1) is 18.1. The van der Waals surface area contributed by atoms with Crippen molar-refractivity contribution in [2.24, 2.45) is 5.92 Å². The monoisotopic (exact) mass is 448 g/mol. The lowest BCUT2D eigenvalue weighted by Gasteiger charge is -2.28. The van der Waals surface area contributed by atoms with Gasteiger partial charge >= 0.3 is 0 Å². The lowest BCUT2D eigenvalue weighted by molar-refractivity contribution is 0.0856. The van der Waals surface area contributed by atoms with Crippen molar-refractivity contribution >= 4 is 40.0 Å².